The van der Waals surface area contributed by atoms with Gasteiger partial charge in [0.15, 0.2) is 0 Å². The highest BCUT2D eigenvalue weighted by Gasteiger charge is 1.97. The van der Waals surface area contributed by atoms with Crippen molar-refractivity contribution in [1.82, 2.24) is 10.7 Å². The van der Waals surface area contributed by atoms with E-state index in [0.29, 0.717) is 6.54 Å². The van der Waals surface area contributed by atoms with Gasteiger partial charge in [-0.1, -0.05) is 24.0 Å². The highest BCUT2D eigenvalue weighted by atomic mass is 16.2. The quantitative estimate of drug-likeness (QED) is 0.300. The largest absolute Gasteiger partial charge is 0.333 e. The summed E-state index contributed by atoms with van der Waals surface area (Å²) in [5.41, 5.74) is 5.42. The van der Waals surface area contributed by atoms with E-state index >= 15 is 0 Å². The summed E-state index contributed by atoms with van der Waals surface area (Å²) in [7, 11) is 0. The van der Waals surface area contributed by atoms with Crippen LogP contribution in [0.25, 0.3) is 0 Å². The topological polar surface area (TPSA) is 96.2 Å². The Kier molecular flexibility index (Phi) is 5.95. The number of hydrazine groups is 1. The van der Waals surface area contributed by atoms with Crippen molar-refractivity contribution in [1.29, 1.82) is 0 Å². The molecule has 24 heavy (non-hydrogen) atoms. The zero-order chi connectivity index (χ0) is 17.4. The van der Waals surface area contributed by atoms with Crippen LogP contribution in [0.2, 0.25) is 0 Å². The van der Waals surface area contributed by atoms with Gasteiger partial charge in [-0.15, -0.1) is 0 Å². The number of nitrogens with one attached hydrogen (secondary N) is 3. The van der Waals surface area contributed by atoms with Crippen LogP contribution in [0, 0.1) is 11.8 Å². The summed E-state index contributed by atoms with van der Waals surface area (Å²) in [6, 6.07) is 14.4. The summed E-state index contributed by atoms with van der Waals surface area (Å²) < 4.78 is 0. The summed E-state index contributed by atoms with van der Waals surface area (Å²) in [5, 5.41) is 5.31. The fourth-order valence-electron chi connectivity index (χ4n) is 1.92. The van der Waals surface area contributed by atoms with Crippen LogP contribution in [0.1, 0.15) is 23.6 Å². The maximum atomic E-state index is 11.0. The lowest BCUT2D eigenvalue weighted by atomic mass is 10.1. The molecule has 3 amide bonds. The number of hydrogen-bond acceptors (Lipinski definition) is 3. The van der Waals surface area contributed by atoms with E-state index < -0.39 is 6.03 Å². The first-order valence-electron chi connectivity index (χ1n) is 7.30. The van der Waals surface area contributed by atoms with E-state index in [4.69, 9.17) is 5.84 Å². The fraction of sp³-hybridized carbons (Fsp3) is 0.111. The van der Waals surface area contributed by atoms with Crippen molar-refractivity contribution in [3.63, 3.8) is 0 Å². The van der Waals surface area contributed by atoms with Crippen LogP contribution in [0.5, 0.6) is 0 Å². The predicted octanol–water partition coefficient (Wildman–Crippen LogP) is 1.72. The number of carbonyl (C=O) groups excluding carboxylic acids is 2. The van der Waals surface area contributed by atoms with Crippen LogP contribution in [0.3, 0.4) is 0 Å². The smallest absolute Gasteiger partial charge is 0.329 e. The normalized spacial score (nSPS) is 9.42. The average Bonchev–Trinajstić information content (AvgIpc) is 2.59. The van der Waals surface area contributed by atoms with E-state index in [1.165, 1.54) is 6.92 Å². The molecule has 2 aromatic carbocycles. The molecule has 2 aromatic rings. The van der Waals surface area contributed by atoms with E-state index in [2.05, 4.69) is 22.5 Å². The first kappa shape index (κ1) is 17.1. The van der Waals surface area contributed by atoms with Gasteiger partial charge in [-0.05, 0) is 42.0 Å². The molecule has 0 spiro atoms. The van der Waals surface area contributed by atoms with Gasteiger partial charge in [0.25, 0.3) is 0 Å². The highest BCUT2D eigenvalue weighted by Crippen LogP contribution is 2.09. The summed E-state index contributed by atoms with van der Waals surface area (Å²) in [6.07, 6.45) is 0. The molecule has 2 rings (SSSR count). The number of rotatable bonds is 3. The molecular weight excluding hydrogens is 304 g/mol. The summed E-state index contributed by atoms with van der Waals surface area (Å²) >= 11 is 0. The van der Waals surface area contributed by atoms with Crippen molar-refractivity contribution >= 4 is 17.6 Å². The fourth-order valence-corrected chi connectivity index (χ4v) is 1.92. The summed E-state index contributed by atoms with van der Waals surface area (Å²) in [4.78, 5) is 22.0. The third kappa shape index (κ3) is 5.48. The minimum absolute atomic E-state index is 0.104. The Morgan fingerprint density at radius 1 is 0.958 bits per heavy atom. The molecule has 6 nitrogen and oxygen atoms in total. The van der Waals surface area contributed by atoms with Crippen LogP contribution in [0.4, 0.5) is 10.5 Å². The maximum Gasteiger partial charge on any atom is 0.329 e. The Hall–Kier alpha value is -3.30. The average molecular weight is 322 g/mol. The molecule has 122 valence electrons. The first-order chi connectivity index (χ1) is 11.6. The van der Waals surface area contributed by atoms with E-state index in [1.807, 2.05) is 54.0 Å². The lowest BCUT2D eigenvalue weighted by Gasteiger charge is -2.04. The number of anilines is 1. The van der Waals surface area contributed by atoms with Crippen molar-refractivity contribution in [3.8, 4) is 11.8 Å². The molecule has 0 aromatic heterocycles. The number of carbonyl (C=O) groups is 2. The Labute approximate surface area is 140 Å². The van der Waals surface area contributed by atoms with Crippen LogP contribution in [0.15, 0.2) is 48.5 Å². The molecule has 0 aliphatic rings. The molecule has 0 fully saturated rings. The van der Waals surface area contributed by atoms with Crippen molar-refractivity contribution in [2.75, 3.05) is 5.32 Å². The minimum atomic E-state index is -0.429. The Morgan fingerprint density at radius 2 is 1.50 bits per heavy atom. The molecular formula is C18H18N4O2. The van der Waals surface area contributed by atoms with Gasteiger partial charge in [0.2, 0.25) is 5.91 Å². The van der Waals surface area contributed by atoms with Crippen molar-refractivity contribution in [2.24, 2.45) is 5.84 Å². The summed E-state index contributed by atoms with van der Waals surface area (Å²) in [6.45, 7) is 1.86. The second-order valence-electron chi connectivity index (χ2n) is 5.03. The first-order valence-corrected chi connectivity index (χ1v) is 7.30. The highest BCUT2D eigenvalue weighted by molar-refractivity contribution is 5.88. The predicted molar refractivity (Wildman–Crippen MR) is 92.7 cm³/mol. The minimum Gasteiger partial charge on any atom is -0.333 e. The lowest BCUT2D eigenvalue weighted by Crippen LogP contribution is -2.39. The van der Waals surface area contributed by atoms with Gasteiger partial charge in [-0.2, -0.15) is 0 Å². The van der Waals surface area contributed by atoms with E-state index in [0.717, 1.165) is 22.4 Å². The van der Waals surface area contributed by atoms with E-state index in [-0.39, 0.29) is 5.91 Å². The number of amides is 3. The lowest BCUT2D eigenvalue weighted by molar-refractivity contribution is -0.114. The Balaban J connectivity index is 1.97. The molecule has 0 bridgehead atoms. The third-order valence-corrected chi connectivity index (χ3v) is 3.09. The second kappa shape index (κ2) is 8.36. The van der Waals surface area contributed by atoms with Crippen LogP contribution in [-0.4, -0.2) is 11.9 Å². The SMILES string of the molecule is CC(=O)Nc1ccc(C#Cc2ccc(CNC(=O)NN)cc2)cc1. The van der Waals surface area contributed by atoms with Gasteiger partial charge in [-0.25, -0.2) is 10.6 Å². The zero-order valence-corrected chi connectivity index (χ0v) is 13.2. The molecule has 0 aliphatic heterocycles. The van der Waals surface area contributed by atoms with Crippen LogP contribution >= 0.6 is 0 Å². The molecule has 0 radical (unpaired) electrons. The number of nitrogens with two attached hydrogens (primary N) is 1. The van der Waals surface area contributed by atoms with Gasteiger partial charge in [-0.3, -0.25) is 10.2 Å². The molecule has 0 atom stereocenters. The molecule has 6 heteroatoms. The van der Waals surface area contributed by atoms with Crippen LogP contribution in [-0.2, 0) is 11.3 Å². The van der Waals surface area contributed by atoms with E-state index in [9.17, 15) is 9.59 Å². The second-order valence-corrected chi connectivity index (χ2v) is 5.03. The number of benzene rings is 2. The van der Waals surface area contributed by atoms with Crippen molar-refractivity contribution in [3.05, 3.63) is 65.2 Å². The molecule has 0 aliphatic carbocycles. The third-order valence-electron chi connectivity index (χ3n) is 3.09. The van der Waals surface area contributed by atoms with Gasteiger partial charge < -0.3 is 10.6 Å². The van der Waals surface area contributed by atoms with Crippen molar-refractivity contribution in [2.45, 2.75) is 13.5 Å². The van der Waals surface area contributed by atoms with E-state index in [1.54, 1.807) is 0 Å². The monoisotopic (exact) mass is 322 g/mol. The Bertz CT molecular complexity index is 771. The Morgan fingerprint density at radius 3 is 2.00 bits per heavy atom. The zero-order valence-electron chi connectivity index (χ0n) is 13.2. The van der Waals surface area contributed by atoms with Gasteiger partial charge >= 0.3 is 6.03 Å². The summed E-state index contributed by atoms with van der Waals surface area (Å²) in [5.74, 6) is 11.0. The maximum absolute atomic E-state index is 11.0. The number of urea groups is 1. The molecule has 0 saturated heterocycles. The van der Waals surface area contributed by atoms with Gasteiger partial charge in [0.05, 0.1) is 0 Å². The van der Waals surface area contributed by atoms with Gasteiger partial charge in [0.1, 0.15) is 0 Å². The van der Waals surface area contributed by atoms with Crippen molar-refractivity contribution < 1.29 is 9.59 Å². The number of hydrogen-bond donors (Lipinski definition) is 4. The molecule has 5 N–H and O–H groups in total. The molecule has 0 saturated carbocycles. The van der Waals surface area contributed by atoms with Crippen LogP contribution < -0.4 is 21.9 Å². The standard InChI is InChI=1S/C18H18N4O2/c1-13(23)21-17-10-8-15(9-11-17)3-2-14-4-6-16(7-5-14)12-20-18(24)22-19/h4-11H,12,19H2,1H3,(H,21,23)(H2,20,22,24). The van der Waals surface area contributed by atoms with Gasteiger partial charge in [0, 0.05) is 30.3 Å². The molecule has 0 heterocycles. The molecule has 0 unspecified atom stereocenters.